The summed E-state index contributed by atoms with van der Waals surface area (Å²) in [6, 6.07) is 12.2. The van der Waals surface area contributed by atoms with Gasteiger partial charge in [0.2, 0.25) is 0 Å². The van der Waals surface area contributed by atoms with E-state index in [2.05, 4.69) is 10.6 Å². The van der Waals surface area contributed by atoms with Gasteiger partial charge in [0.25, 0.3) is 11.8 Å². The second kappa shape index (κ2) is 9.68. The van der Waals surface area contributed by atoms with E-state index in [0.717, 1.165) is 5.56 Å². The number of carbonyl (C=O) groups excluding carboxylic acids is 2. The number of benzene rings is 2. The Kier molecular flexibility index (Phi) is 7.29. The molecule has 0 aliphatic heterocycles. The Morgan fingerprint density at radius 1 is 1.04 bits per heavy atom. The summed E-state index contributed by atoms with van der Waals surface area (Å²) in [6.45, 7) is 2.44. The van der Waals surface area contributed by atoms with Gasteiger partial charge < -0.3 is 20.1 Å². The summed E-state index contributed by atoms with van der Waals surface area (Å²) >= 11 is 5.91. The molecule has 0 aliphatic rings. The van der Waals surface area contributed by atoms with Gasteiger partial charge in [-0.05, 0) is 37.3 Å². The van der Waals surface area contributed by atoms with Gasteiger partial charge in [0, 0.05) is 18.1 Å². The van der Waals surface area contributed by atoms with Crippen LogP contribution in [0.3, 0.4) is 0 Å². The van der Waals surface area contributed by atoms with Gasteiger partial charge in [0.15, 0.2) is 6.61 Å². The smallest absolute Gasteiger partial charge is 0.258 e. The highest BCUT2D eigenvalue weighted by Gasteiger charge is 2.12. The largest absolute Gasteiger partial charge is 0.496 e. The lowest BCUT2D eigenvalue weighted by Crippen LogP contribution is -2.36. The molecule has 2 rings (SSSR count). The maximum Gasteiger partial charge on any atom is 0.258 e. The number of halogens is 1. The van der Waals surface area contributed by atoms with E-state index in [1.54, 1.807) is 24.3 Å². The molecule has 0 unspecified atom stereocenters. The molecule has 0 fully saturated rings. The Hall–Kier alpha value is -2.73. The zero-order valence-electron chi connectivity index (χ0n) is 14.7. The molecule has 0 saturated heterocycles. The molecule has 0 saturated carbocycles. The van der Waals surface area contributed by atoms with Crippen molar-refractivity contribution < 1.29 is 19.1 Å². The van der Waals surface area contributed by atoms with Crippen molar-refractivity contribution in [3.63, 3.8) is 0 Å². The lowest BCUT2D eigenvalue weighted by molar-refractivity contribution is -0.123. The number of hydrogen-bond donors (Lipinski definition) is 2. The van der Waals surface area contributed by atoms with E-state index >= 15 is 0 Å². The lowest BCUT2D eigenvalue weighted by Gasteiger charge is -2.11. The van der Waals surface area contributed by atoms with Gasteiger partial charge in [-0.15, -0.1) is 0 Å². The highest BCUT2D eigenvalue weighted by atomic mass is 35.5. The van der Waals surface area contributed by atoms with E-state index in [-0.39, 0.29) is 31.5 Å². The minimum atomic E-state index is -0.325. The zero-order chi connectivity index (χ0) is 18.9. The Morgan fingerprint density at radius 2 is 1.73 bits per heavy atom. The SMILES string of the molecule is COc1ccc(Cl)cc1C(=O)NCCNC(=O)COc1ccc(C)cc1. The summed E-state index contributed by atoms with van der Waals surface area (Å²) in [5.74, 6) is 0.476. The third-order valence-electron chi connectivity index (χ3n) is 3.53. The summed E-state index contributed by atoms with van der Waals surface area (Å²) in [5, 5.41) is 5.82. The molecule has 0 radical (unpaired) electrons. The predicted molar refractivity (Wildman–Crippen MR) is 100 cm³/mol. The van der Waals surface area contributed by atoms with Gasteiger partial charge in [0.05, 0.1) is 12.7 Å². The van der Waals surface area contributed by atoms with Crippen molar-refractivity contribution in [1.29, 1.82) is 0 Å². The predicted octanol–water partition coefficient (Wildman–Crippen LogP) is 2.58. The molecule has 7 heteroatoms. The van der Waals surface area contributed by atoms with Crippen LogP contribution < -0.4 is 20.1 Å². The fourth-order valence-corrected chi connectivity index (χ4v) is 2.34. The van der Waals surface area contributed by atoms with Gasteiger partial charge >= 0.3 is 0 Å². The molecule has 2 aromatic rings. The van der Waals surface area contributed by atoms with Crippen molar-refractivity contribution in [3.8, 4) is 11.5 Å². The molecule has 0 aromatic heterocycles. The van der Waals surface area contributed by atoms with Gasteiger partial charge in [-0.25, -0.2) is 0 Å². The number of rotatable bonds is 8. The van der Waals surface area contributed by atoms with E-state index in [9.17, 15) is 9.59 Å². The second-order valence-electron chi connectivity index (χ2n) is 5.55. The molecule has 0 atom stereocenters. The molecule has 0 spiro atoms. The lowest BCUT2D eigenvalue weighted by atomic mass is 10.2. The second-order valence-corrected chi connectivity index (χ2v) is 5.99. The number of carbonyl (C=O) groups is 2. The van der Waals surface area contributed by atoms with Gasteiger partial charge in [-0.3, -0.25) is 9.59 Å². The van der Waals surface area contributed by atoms with Crippen molar-refractivity contribution in [2.75, 3.05) is 26.8 Å². The summed E-state index contributed by atoms with van der Waals surface area (Å²) in [4.78, 5) is 23.9. The maximum atomic E-state index is 12.2. The molecule has 26 heavy (non-hydrogen) atoms. The zero-order valence-corrected chi connectivity index (χ0v) is 15.4. The van der Waals surface area contributed by atoms with Crippen LogP contribution in [-0.2, 0) is 4.79 Å². The van der Waals surface area contributed by atoms with Crippen molar-refractivity contribution in [1.82, 2.24) is 10.6 Å². The van der Waals surface area contributed by atoms with Crippen LogP contribution in [0.2, 0.25) is 5.02 Å². The summed E-state index contributed by atoms with van der Waals surface area (Å²) in [6.07, 6.45) is 0. The Bertz CT molecular complexity index is 763. The van der Waals surface area contributed by atoms with Crippen LogP contribution in [0.15, 0.2) is 42.5 Å². The molecule has 2 N–H and O–H groups in total. The third kappa shape index (κ3) is 5.97. The minimum absolute atomic E-state index is 0.0842. The van der Waals surface area contributed by atoms with Gasteiger partial charge in [0.1, 0.15) is 11.5 Å². The molecule has 2 aromatic carbocycles. The Labute approximate surface area is 157 Å². The number of nitrogens with one attached hydrogen (secondary N) is 2. The molecular weight excluding hydrogens is 356 g/mol. The molecule has 2 amide bonds. The summed E-state index contributed by atoms with van der Waals surface area (Å²) in [5.41, 5.74) is 1.46. The standard InChI is InChI=1S/C19H21ClN2O4/c1-13-3-6-15(7-4-13)26-12-18(23)21-9-10-22-19(24)16-11-14(20)5-8-17(16)25-2/h3-8,11H,9-10,12H2,1-2H3,(H,21,23)(H,22,24). The van der Waals surface area contributed by atoms with Crippen molar-refractivity contribution in [3.05, 3.63) is 58.6 Å². The van der Waals surface area contributed by atoms with E-state index in [0.29, 0.717) is 22.1 Å². The normalized spacial score (nSPS) is 10.1. The quantitative estimate of drug-likeness (QED) is 0.694. The van der Waals surface area contributed by atoms with Gasteiger partial charge in [-0.2, -0.15) is 0 Å². The molecule has 138 valence electrons. The third-order valence-corrected chi connectivity index (χ3v) is 3.76. The highest BCUT2D eigenvalue weighted by molar-refractivity contribution is 6.31. The molecule has 0 aliphatic carbocycles. The van der Waals surface area contributed by atoms with E-state index < -0.39 is 0 Å². The summed E-state index contributed by atoms with van der Waals surface area (Å²) in [7, 11) is 1.48. The first kappa shape index (κ1) is 19.6. The molecule has 0 heterocycles. The monoisotopic (exact) mass is 376 g/mol. The summed E-state index contributed by atoms with van der Waals surface area (Å²) < 4.78 is 10.5. The highest BCUT2D eigenvalue weighted by Crippen LogP contribution is 2.22. The Morgan fingerprint density at radius 3 is 2.42 bits per heavy atom. The first-order valence-corrected chi connectivity index (χ1v) is 8.45. The van der Waals surface area contributed by atoms with Crippen LogP contribution in [0.25, 0.3) is 0 Å². The average Bonchev–Trinajstić information content (AvgIpc) is 2.64. The molecule has 0 bridgehead atoms. The van der Waals surface area contributed by atoms with E-state index in [1.807, 2.05) is 19.1 Å². The van der Waals surface area contributed by atoms with E-state index in [1.165, 1.54) is 13.2 Å². The first-order chi connectivity index (χ1) is 12.5. The fraction of sp³-hybridized carbons (Fsp3) is 0.263. The van der Waals surface area contributed by atoms with Crippen LogP contribution in [0.1, 0.15) is 15.9 Å². The average molecular weight is 377 g/mol. The van der Waals surface area contributed by atoms with Crippen LogP contribution >= 0.6 is 11.6 Å². The minimum Gasteiger partial charge on any atom is -0.496 e. The van der Waals surface area contributed by atoms with Gasteiger partial charge in [-0.1, -0.05) is 29.3 Å². The van der Waals surface area contributed by atoms with Crippen LogP contribution in [0, 0.1) is 6.92 Å². The molecular formula is C19H21ClN2O4. The first-order valence-electron chi connectivity index (χ1n) is 8.07. The number of hydrogen-bond acceptors (Lipinski definition) is 4. The topological polar surface area (TPSA) is 76.7 Å². The van der Waals surface area contributed by atoms with Crippen LogP contribution in [0.4, 0.5) is 0 Å². The number of ether oxygens (including phenoxy) is 2. The molecule has 6 nitrogen and oxygen atoms in total. The van der Waals surface area contributed by atoms with Crippen LogP contribution in [-0.4, -0.2) is 38.6 Å². The van der Waals surface area contributed by atoms with Crippen molar-refractivity contribution in [2.24, 2.45) is 0 Å². The van der Waals surface area contributed by atoms with E-state index in [4.69, 9.17) is 21.1 Å². The van der Waals surface area contributed by atoms with Crippen molar-refractivity contribution in [2.45, 2.75) is 6.92 Å². The number of amides is 2. The number of aryl methyl sites for hydroxylation is 1. The van der Waals surface area contributed by atoms with Crippen molar-refractivity contribution >= 4 is 23.4 Å². The fourth-order valence-electron chi connectivity index (χ4n) is 2.17. The maximum absolute atomic E-state index is 12.2. The number of methoxy groups -OCH3 is 1. The Balaban J connectivity index is 1.71. The van der Waals surface area contributed by atoms with Crippen LogP contribution in [0.5, 0.6) is 11.5 Å².